The monoisotopic (exact) mass is 447 g/mol. The number of hydrogen-bond donors (Lipinski definition) is 2. The van der Waals surface area contributed by atoms with Gasteiger partial charge in [0.25, 0.3) is 0 Å². The average molecular weight is 447 g/mol. The number of aromatic nitrogens is 2. The predicted octanol–water partition coefficient (Wildman–Crippen LogP) is 3.32. The van der Waals surface area contributed by atoms with Crippen LogP contribution in [0.5, 0.6) is 0 Å². The average Bonchev–Trinajstić information content (AvgIpc) is 3.09. The zero-order chi connectivity index (χ0) is 15.8. The molecule has 128 valence electrons. The van der Waals surface area contributed by atoms with Crippen molar-refractivity contribution in [2.75, 3.05) is 13.1 Å². The van der Waals surface area contributed by atoms with Gasteiger partial charge in [-0.25, -0.2) is 4.99 Å². The molecule has 2 aromatic rings. The lowest BCUT2D eigenvalue weighted by atomic mass is 10.3. The Hall–Kier alpha value is -1.09. The molecule has 0 saturated heterocycles. The third kappa shape index (κ3) is 6.90. The Morgan fingerprint density at radius 3 is 2.78 bits per heavy atom. The Kier molecular flexibility index (Phi) is 9.23. The van der Waals surface area contributed by atoms with Gasteiger partial charge in [0, 0.05) is 30.7 Å². The summed E-state index contributed by atoms with van der Waals surface area (Å²) in [6.45, 7) is 9.68. The third-order valence-electron chi connectivity index (χ3n) is 3.31. The number of guanidine groups is 1. The summed E-state index contributed by atoms with van der Waals surface area (Å²) in [7, 11) is 0. The van der Waals surface area contributed by atoms with E-state index >= 15 is 0 Å². The van der Waals surface area contributed by atoms with Crippen LogP contribution in [-0.4, -0.2) is 28.8 Å². The molecule has 0 atom stereocenters. The first-order valence-electron chi connectivity index (χ1n) is 7.73. The molecule has 2 aromatic heterocycles. The van der Waals surface area contributed by atoms with E-state index in [1.54, 1.807) is 11.3 Å². The fraction of sp³-hybridized carbons (Fsp3) is 0.500. The molecule has 0 unspecified atom stereocenters. The molecule has 0 spiro atoms. The van der Waals surface area contributed by atoms with Crippen molar-refractivity contribution in [1.82, 2.24) is 20.4 Å². The topological polar surface area (TPSA) is 54.2 Å². The van der Waals surface area contributed by atoms with Gasteiger partial charge in [-0.1, -0.05) is 0 Å². The van der Waals surface area contributed by atoms with Gasteiger partial charge in [-0.3, -0.25) is 4.68 Å². The van der Waals surface area contributed by atoms with Gasteiger partial charge in [-0.2, -0.15) is 5.10 Å². The molecule has 0 radical (unpaired) electrons. The van der Waals surface area contributed by atoms with E-state index in [0.29, 0.717) is 0 Å². The summed E-state index contributed by atoms with van der Waals surface area (Å²) in [6.07, 6.45) is 4.98. The van der Waals surface area contributed by atoms with E-state index in [4.69, 9.17) is 0 Å². The lowest BCUT2D eigenvalue weighted by Crippen LogP contribution is -2.38. The van der Waals surface area contributed by atoms with Crippen LogP contribution in [0.3, 0.4) is 0 Å². The van der Waals surface area contributed by atoms with E-state index in [9.17, 15) is 0 Å². The van der Waals surface area contributed by atoms with Crippen LogP contribution < -0.4 is 10.6 Å². The summed E-state index contributed by atoms with van der Waals surface area (Å²) in [5.74, 6) is 0.881. The van der Waals surface area contributed by atoms with Crippen LogP contribution in [-0.2, 0) is 13.1 Å². The first-order chi connectivity index (χ1) is 10.7. The van der Waals surface area contributed by atoms with Crippen molar-refractivity contribution in [3.05, 3.63) is 39.8 Å². The molecule has 0 aliphatic carbocycles. The van der Waals surface area contributed by atoms with Crippen molar-refractivity contribution in [3.8, 4) is 0 Å². The summed E-state index contributed by atoms with van der Waals surface area (Å²) in [4.78, 5) is 5.97. The minimum Gasteiger partial charge on any atom is -0.357 e. The molecule has 0 fully saturated rings. The first kappa shape index (κ1) is 20.0. The second-order valence-electron chi connectivity index (χ2n) is 5.28. The number of nitrogens with one attached hydrogen (secondary N) is 2. The highest BCUT2D eigenvalue weighted by atomic mass is 127. The highest BCUT2D eigenvalue weighted by molar-refractivity contribution is 14.0. The fourth-order valence-corrected chi connectivity index (χ4v) is 2.93. The molecular weight excluding hydrogens is 421 g/mol. The largest absolute Gasteiger partial charge is 0.357 e. The molecule has 7 heteroatoms. The van der Waals surface area contributed by atoms with E-state index in [1.807, 2.05) is 10.9 Å². The zero-order valence-corrected chi connectivity index (χ0v) is 17.1. The maximum absolute atomic E-state index is 4.65. The molecular formula is C16H26IN5S. The molecule has 23 heavy (non-hydrogen) atoms. The smallest absolute Gasteiger partial charge is 0.191 e. The van der Waals surface area contributed by atoms with Gasteiger partial charge < -0.3 is 10.6 Å². The van der Waals surface area contributed by atoms with Gasteiger partial charge >= 0.3 is 0 Å². The van der Waals surface area contributed by atoms with Gasteiger partial charge in [0.15, 0.2) is 5.96 Å². The molecule has 0 amide bonds. The van der Waals surface area contributed by atoms with Crippen LogP contribution in [0.1, 0.15) is 29.3 Å². The summed E-state index contributed by atoms with van der Waals surface area (Å²) in [5, 5.41) is 13.1. The fourth-order valence-electron chi connectivity index (χ4n) is 2.10. The lowest BCUT2D eigenvalue weighted by Gasteiger charge is -2.11. The summed E-state index contributed by atoms with van der Waals surface area (Å²) < 4.78 is 1.98. The highest BCUT2D eigenvalue weighted by Crippen LogP contribution is 2.16. The number of aliphatic imine (C=N–C) groups is 1. The molecule has 0 aromatic carbocycles. The van der Waals surface area contributed by atoms with Crippen LogP contribution in [0.15, 0.2) is 28.8 Å². The van der Waals surface area contributed by atoms with Crippen molar-refractivity contribution in [2.45, 2.75) is 40.3 Å². The van der Waals surface area contributed by atoms with Crippen LogP contribution in [0.25, 0.3) is 0 Å². The van der Waals surface area contributed by atoms with E-state index in [0.717, 1.165) is 38.6 Å². The Morgan fingerprint density at radius 1 is 1.35 bits per heavy atom. The van der Waals surface area contributed by atoms with Crippen LogP contribution in [0.2, 0.25) is 0 Å². The second kappa shape index (κ2) is 10.6. The maximum Gasteiger partial charge on any atom is 0.191 e. The minimum absolute atomic E-state index is 0. The van der Waals surface area contributed by atoms with Crippen molar-refractivity contribution in [2.24, 2.45) is 4.99 Å². The Labute approximate surface area is 159 Å². The Bertz CT molecular complexity index is 605. The highest BCUT2D eigenvalue weighted by Gasteiger charge is 2.01. The summed E-state index contributed by atoms with van der Waals surface area (Å²) >= 11 is 1.76. The molecule has 2 rings (SSSR count). The van der Waals surface area contributed by atoms with Crippen LogP contribution >= 0.6 is 35.3 Å². The van der Waals surface area contributed by atoms with Crippen LogP contribution in [0, 0.1) is 13.8 Å². The van der Waals surface area contributed by atoms with Gasteiger partial charge in [0.2, 0.25) is 0 Å². The molecule has 2 heterocycles. The quantitative estimate of drug-likeness (QED) is 0.296. The SMILES string of the molecule is CCNC(=NCc1sccc1C)NCCCn1cc(C)cn1.I. The van der Waals surface area contributed by atoms with Crippen molar-refractivity contribution in [1.29, 1.82) is 0 Å². The summed E-state index contributed by atoms with van der Waals surface area (Å²) in [5.41, 5.74) is 2.52. The van der Waals surface area contributed by atoms with E-state index in [2.05, 4.69) is 59.1 Å². The lowest BCUT2D eigenvalue weighted by molar-refractivity contribution is 0.570. The number of hydrogen-bond acceptors (Lipinski definition) is 3. The van der Waals surface area contributed by atoms with Crippen molar-refractivity contribution < 1.29 is 0 Å². The Balaban J connectivity index is 0.00000264. The minimum atomic E-state index is 0. The number of halogens is 1. The number of nitrogens with zero attached hydrogens (tertiary/aromatic N) is 3. The van der Waals surface area contributed by atoms with E-state index < -0.39 is 0 Å². The standard InChI is InChI=1S/C16H25N5S.HI/c1-4-17-16(19-11-15-14(3)6-9-22-15)18-7-5-8-21-12-13(2)10-20-21;/h6,9-10,12H,4-5,7-8,11H2,1-3H3,(H2,17,18,19);1H. The zero-order valence-electron chi connectivity index (χ0n) is 14.0. The van der Waals surface area contributed by atoms with Crippen molar-refractivity contribution in [3.63, 3.8) is 0 Å². The molecule has 2 N–H and O–H groups in total. The Morgan fingerprint density at radius 2 is 2.17 bits per heavy atom. The molecule has 0 bridgehead atoms. The number of thiophene rings is 1. The number of aryl methyl sites for hydroxylation is 3. The summed E-state index contributed by atoms with van der Waals surface area (Å²) in [6, 6.07) is 2.14. The van der Waals surface area contributed by atoms with E-state index in [-0.39, 0.29) is 24.0 Å². The molecule has 0 aliphatic heterocycles. The van der Waals surface area contributed by atoms with Crippen molar-refractivity contribution >= 4 is 41.3 Å². The van der Waals surface area contributed by atoms with E-state index in [1.165, 1.54) is 16.0 Å². The van der Waals surface area contributed by atoms with Gasteiger partial charge in [0.05, 0.1) is 12.7 Å². The maximum atomic E-state index is 4.65. The van der Waals surface area contributed by atoms with Crippen LogP contribution in [0.4, 0.5) is 0 Å². The molecule has 0 aliphatic rings. The third-order valence-corrected chi connectivity index (χ3v) is 4.32. The van der Waals surface area contributed by atoms with Gasteiger partial charge in [-0.15, -0.1) is 35.3 Å². The van der Waals surface area contributed by atoms with Gasteiger partial charge in [0.1, 0.15) is 0 Å². The molecule has 0 saturated carbocycles. The predicted molar refractivity (Wildman–Crippen MR) is 109 cm³/mol. The van der Waals surface area contributed by atoms with Gasteiger partial charge in [-0.05, 0) is 49.8 Å². The number of rotatable bonds is 7. The first-order valence-corrected chi connectivity index (χ1v) is 8.61. The second-order valence-corrected chi connectivity index (χ2v) is 6.28. The normalized spacial score (nSPS) is 11.2. The molecule has 5 nitrogen and oxygen atoms in total.